The quantitative estimate of drug-likeness (QED) is 0.270. The lowest BCUT2D eigenvalue weighted by Crippen LogP contribution is -2.12. The predicted octanol–water partition coefficient (Wildman–Crippen LogP) is 4.35. The number of ether oxygens (including phenoxy) is 2. The Morgan fingerprint density at radius 3 is 2.68 bits per heavy atom. The molecule has 9 nitrogen and oxygen atoms in total. The first-order valence-electron chi connectivity index (χ1n) is 11.7. The molecule has 1 N–H and O–H groups in total. The van der Waals surface area contributed by atoms with Crippen LogP contribution in [-0.4, -0.2) is 59.1 Å². The number of pyridine rings is 2. The molecule has 0 saturated heterocycles. The van der Waals surface area contributed by atoms with Gasteiger partial charge in [0.2, 0.25) is 11.8 Å². The van der Waals surface area contributed by atoms with Gasteiger partial charge in [-0.15, -0.1) is 0 Å². The highest BCUT2D eigenvalue weighted by Crippen LogP contribution is 2.34. The zero-order valence-electron chi connectivity index (χ0n) is 21.3. The minimum atomic E-state index is -0.374. The number of nitrogens with zero attached hydrogens (tertiary/aromatic N) is 4. The molecule has 0 aliphatic rings. The van der Waals surface area contributed by atoms with Crippen molar-refractivity contribution in [2.45, 2.75) is 13.7 Å². The van der Waals surface area contributed by atoms with E-state index in [0.717, 1.165) is 27.6 Å². The number of benzene rings is 1. The Kier molecular flexibility index (Phi) is 7.95. The predicted molar refractivity (Wildman–Crippen MR) is 143 cm³/mol. The molecule has 3 heterocycles. The summed E-state index contributed by atoms with van der Waals surface area (Å²) in [6.45, 7) is 2.10. The van der Waals surface area contributed by atoms with Crippen molar-refractivity contribution in [2.24, 2.45) is 0 Å². The summed E-state index contributed by atoms with van der Waals surface area (Å²) in [6, 6.07) is 13.4. The summed E-state index contributed by atoms with van der Waals surface area (Å²) >= 11 is 0. The SMILES string of the molecule is COc1cc(-c2cn(COC(C)=O)c3ncc(-c4cccc(NC(=O)C=CCN(C)C)c4)cc23)ccn1. The zero-order valence-corrected chi connectivity index (χ0v) is 21.3. The van der Waals surface area contributed by atoms with Gasteiger partial charge in [0.05, 0.1) is 7.11 Å². The summed E-state index contributed by atoms with van der Waals surface area (Å²) in [7, 11) is 5.45. The number of carbonyl (C=O) groups is 2. The molecule has 0 bridgehead atoms. The number of carbonyl (C=O) groups excluding carboxylic acids is 2. The van der Waals surface area contributed by atoms with Crippen molar-refractivity contribution in [3.63, 3.8) is 0 Å². The summed E-state index contributed by atoms with van der Waals surface area (Å²) in [5, 5.41) is 3.78. The number of amides is 1. The number of likely N-dealkylation sites (N-methyl/N-ethyl adjacent to an activating group) is 1. The lowest BCUT2D eigenvalue weighted by atomic mass is 10.0. The maximum atomic E-state index is 12.3. The Bertz CT molecular complexity index is 1460. The van der Waals surface area contributed by atoms with Gasteiger partial charge in [-0.3, -0.25) is 14.2 Å². The largest absolute Gasteiger partial charge is 0.481 e. The molecule has 4 rings (SSSR count). The molecule has 37 heavy (non-hydrogen) atoms. The highest BCUT2D eigenvalue weighted by atomic mass is 16.5. The summed E-state index contributed by atoms with van der Waals surface area (Å²) in [4.78, 5) is 34.6. The number of fused-ring (bicyclic) bond motifs is 1. The van der Waals surface area contributed by atoms with E-state index in [1.165, 1.54) is 13.0 Å². The fourth-order valence-corrected chi connectivity index (χ4v) is 3.84. The van der Waals surface area contributed by atoms with E-state index in [0.29, 0.717) is 23.8 Å². The number of aromatic nitrogens is 3. The molecule has 1 amide bonds. The Balaban J connectivity index is 1.70. The maximum Gasteiger partial charge on any atom is 0.304 e. The Morgan fingerprint density at radius 1 is 1.08 bits per heavy atom. The number of nitrogens with one attached hydrogen (secondary N) is 1. The number of hydrogen-bond donors (Lipinski definition) is 1. The number of hydrogen-bond acceptors (Lipinski definition) is 7. The summed E-state index contributed by atoms with van der Waals surface area (Å²) in [5.41, 5.74) is 4.92. The van der Waals surface area contributed by atoms with Crippen LogP contribution in [0, 0.1) is 0 Å². The first-order chi connectivity index (χ1) is 17.8. The highest BCUT2D eigenvalue weighted by Gasteiger charge is 2.15. The molecular weight excluding hydrogens is 470 g/mol. The van der Waals surface area contributed by atoms with Crippen molar-refractivity contribution < 1.29 is 19.1 Å². The van der Waals surface area contributed by atoms with Crippen LogP contribution < -0.4 is 10.1 Å². The smallest absolute Gasteiger partial charge is 0.304 e. The van der Waals surface area contributed by atoms with Crippen molar-refractivity contribution >= 4 is 28.6 Å². The van der Waals surface area contributed by atoms with Gasteiger partial charge in [-0.2, -0.15) is 0 Å². The minimum absolute atomic E-state index is 0.0449. The first kappa shape index (κ1) is 25.6. The Hall–Kier alpha value is -4.50. The topological polar surface area (TPSA) is 98.6 Å². The van der Waals surface area contributed by atoms with Crippen LogP contribution in [0.5, 0.6) is 5.88 Å². The Labute approximate surface area is 215 Å². The molecule has 4 aromatic rings. The average Bonchev–Trinajstić information content (AvgIpc) is 3.25. The normalized spacial score (nSPS) is 11.3. The molecule has 0 atom stereocenters. The van der Waals surface area contributed by atoms with E-state index >= 15 is 0 Å². The van der Waals surface area contributed by atoms with E-state index in [-0.39, 0.29) is 18.6 Å². The van der Waals surface area contributed by atoms with Crippen molar-refractivity contribution in [3.05, 3.63) is 73.2 Å². The summed E-state index contributed by atoms with van der Waals surface area (Å²) in [6.07, 6.45) is 8.69. The molecule has 0 spiro atoms. The van der Waals surface area contributed by atoms with Crippen LogP contribution in [0.25, 0.3) is 33.3 Å². The molecule has 1 aromatic carbocycles. The van der Waals surface area contributed by atoms with Crippen LogP contribution in [0.3, 0.4) is 0 Å². The third-order valence-corrected chi connectivity index (χ3v) is 5.58. The molecule has 3 aromatic heterocycles. The van der Waals surface area contributed by atoms with Crippen LogP contribution in [0.4, 0.5) is 5.69 Å². The number of anilines is 1. The first-order valence-corrected chi connectivity index (χ1v) is 11.7. The number of methoxy groups -OCH3 is 1. The third-order valence-electron chi connectivity index (χ3n) is 5.58. The highest BCUT2D eigenvalue weighted by molar-refractivity contribution is 6.00. The molecule has 0 radical (unpaired) electrons. The van der Waals surface area contributed by atoms with Crippen molar-refractivity contribution in [2.75, 3.05) is 33.1 Å². The fourth-order valence-electron chi connectivity index (χ4n) is 3.84. The van der Waals surface area contributed by atoms with Gasteiger partial charge in [-0.1, -0.05) is 18.2 Å². The molecular formula is C28H29N5O4. The van der Waals surface area contributed by atoms with E-state index in [1.54, 1.807) is 24.1 Å². The van der Waals surface area contributed by atoms with Crippen LogP contribution in [0.1, 0.15) is 6.92 Å². The van der Waals surface area contributed by atoms with Crippen LogP contribution in [0.15, 0.2) is 73.2 Å². The van der Waals surface area contributed by atoms with E-state index < -0.39 is 0 Å². The van der Waals surface area contributed by atoms with Gasteiger partial charge in [0, 0.05) is 66.4 Å². The number of rotatable bonds is 9. The fraction of sp³-hybridized carbons (Fsp3) is 0.214. The van der Waals surface area contributed by atoms with Gasteiger partial charge >= 0.3 is 5.97 Å². The van der Waals surface area contributed by atoms with Crippen molar-refractivity contribution in [1.29, 1.82) is 0 Å². The summed E-state index contributed by atoms with van der Waals surface area (Å²) < 4.78 is 12.3. The van der Waals surface area contributed by atoms with Gasteiger partial charge in [-0.25, -0.2) is 9.97 Å². The third kappa shape index (κ3) is 6.39. The molecule has 0 aliphatic carbocycles. The molecule has 0 aliphatic heterocycles. The van der Waals surface area contributed by atoms with Gasteiger partial charge in [0.15, 0.2) is 6.73 Å². The molecule has 0 fully saturated rings. The average molecular weight is 500 g/mol. The lowest BCUT2D eigenvalue weighted by molar-refractivity contribution is -0.144. The molecule has 9 heteroatoms. The summed E-state index contributed by atoms with van der Waals surface area (Å²) in [5.74, 6) is -0.0735. The molecule has 190 valence electrons. The zero-order chi connectivity index (χ0) is 26.4. The maximum absolute atomic E-state index is 12.3. The second-order valence-corrected chi connectivity index (χ2v) is 8.69. The second kappa shape index (κ2) is 11.5. The van der Waals surface area contributed by atoms with Crippen LogP contribution in [-0.2, 0) is 21.1 Å². The standard InChI is InChI=1S/C28H29N5O4/c1-19(34)37-18-33-17-25(21-10-11-29-27(15-21)36-4)24-14-22(16-30-28(24)33)20-7-5-8-23(13-20)31-26(35)9-6-12-32(2)3/h5-11,13-17H,12,18H2,1-4H3,(H,31,35). The van der Waals surface area contributed by atoms with Gasteiger partial charge in [-0.05, 0) is 49.5 Å². The van der Waals surface area contributed by atoms with Crippen molar-refractivity contribution in [3.8, 4) is 28.1 Å². The monoisotopic (exact) mass is 499 g/mol. The van der Waals surface area contributed by atoms with E-state index in [2.05, 4.69) is 10.3 Å². The minimum Gasteiger partial charge on any atom is -0.481 e. The van der Waals surface area contributed by atoms with Crippen LogP contribution >= 0.6 is 0 Å². The van der Waals surface area contributed by atoms with Crippen LogP contribution in [0.2, 0.25) is 0 Å². The van der Waals surface area contributed by atoms with E-state index in [4.69, 9.17) is 14.5 Å². The molecule has 0 unspecified atom stereocenters. The number of esters is 1. The van der Waals surface area contributed by atoms with Crippen molar-refractivity contribution in [1.82, 2.24) is 19.4 Å². The Morgan fingerprint density at radius 2 is 1.92 bits per heavy atom. The van der Waals surface area contributed by atoms with E-state index in [1.807, 2.05) is 73.7 Å². The van der Waals surface area contributed by atoms with Gasteiger partial charge in [0.1, 0.15) is 5.65 Å². The second-order valence-electron chi connectivity index (χ2n) is 8.69. The lowest BCUT2D eigenvalue weighted by Gasteiger charge is -2.08. The van der Waals surface area contributed by atoms with Gasteiger partial charge in [0.25, 0.3) is 0 Å². The van der Waals surface area contributed by atoms with E-state index in [9.17, 15) is 9.59 Å². The van der Waals surface area contributed by atoms with Gasteiger partial charge < -0.3 is 19.7 Å². The molecule has 0 saturated carbocycles.